The number of fused-ring (bicyclic) bond motifs is 2. The van der Waals surface area contributed by atoms with Gasteiger partial charge in [0, 0.05) is 11.6 Å². The number of benzene rings is 1. The van der Waals surface area contributed by atoms with Crippen molar-refractivity contribution in [1.82, 2.24) is 30.4 Å². The first-order chi connectivity index (χ1) is 13.1. The van der Waals surface area contributed by atoms with Gasteiger partial charge < -0.3 is 5.73 Å². The molecule has 0 spiro atoms. The molecule has 0 radical (unpaired) electrons. The fraction of sp³-hybridized carbons (Fsp3) is 0.111. The first kappa shape index (κ1) is 16.6. The average Bonchev–Trinajstić information content (AvgIpc) is 3.08. The highest BCUT2D eigenvalue weighted by Gasteiger charge is 2.10. The summed E-state index contributed by atoms with van der Waals surface area (Å²) in [6.07, 6.45) is 1.77. The molecular formula is C18H16N8O. The molecule has 0 aliphatic heterocycles. The zero-order valence-electron chi connectivity index (χ0n) is 14.5. The zero-order chi connectivity index (χ0) is 18.8. The van der Waals surface area contributed by atoms with Gasteiger partial charge in [-0.05, 0) is 42.8 Å². The summed E-state index contributed by atoms with van der Waals surface area (Å²) in [5.74, 6) is 0. The largest absolute Gasteiger partial charge is 0.350 e. The number of urea groups is 1. The maximum absolute atomic E-state index is 10.8. The Labute approximate surface area is 153 Å². The Morgan fingerprint density at radius 1 is 1.22 bits per heavy atom. The van der Waals surface area contributed by atoms with Crippen LogP contribution in [0.3, 0.4) is 0 Å². The fourth-order valence-corrected chi connectivity index (χ4v) is 2.75. The Kier molecular flexibility index (Phi) is 4.17. The Hall–Kier alpha value is -3.88. The minimum absolute atomic E-state index is 0.521. The molecular weight excluding hydrogens is 344 g/mol. The van der Waals surface area contributed by atoms with Crippen LogP contribution in [-0.2, 0) is 6.54 Å². The Morgan fingerprint density at radius 3 is 2.93 bits per heavy atom. The number of carbonyl (C=O) groups is 1. The quantitative estimate of drug-likeness (QED) is 0.424. The number of hydrogen-bond acceptors (Lipinski definition) is 6. The minimum atomic E-state index is -0.729. The number of nitrogens with two attached hydrogens (primary N) is 1. The normalized spacial score (nSPS) is 11.8. The molecule has 0 saturated heterocycles. The summed E-state index contributed by atoms with van der Waals surface area (Å²) in [7, 11) is 0. The molecule has 0 atom stereocenters. The molecule has 9 nitrogen and oxygen atoms in total. The van der Waals surface area contributed by atoms with Gasteiger partial charge in [-0.15, -0.1) is 5.10 Å². The van der Waals surface area contributed by atoms with Gasteiger partial charge in [0.05, 0.1) is 23.5 Å². The molecule has 0 unspecified atom stereocenters. The topological polar surface area (TPSA) is 124 Å². The van der Waals surface area contributed by atoms with E-state index < -0.39 is 6.03 Å². The lowest BCUT2D eigenvalue weighted by atomic mass is 10.1. The van der Waals surface area contributed by atoms with E-state index in [1.165, 1.54) is 0 Å². The van der Waals surface area contributed by atoms with Gasteiger partial charge in [0.2, 0.25) is 0 Å². The number of primary amides is 1. The number of hydrazone groups is 1. The van der Waals surface area contributed by atoms with Crippen LogP contribution in [0, 0.1) is 0 Å². The van der Waals surface area contributed by atoms with Gasteiger partial charge in [-0.3, -0.25) is 4.98 Å². The van der Waals surface area contributed by atoms with Crippen molar-refractivity contribution in [2.24, 2.45) is 10.8 Å². The van der Waals surface area contributed by atoms with Gasteiger partial charge in [-0.1, -0.05) is 17.3 Å². The van der Waals surface area contributed by atoms with Gasteiger partial charge in [-0.25, -0.2) is 19.9 Å². The third-order valence-corrected chi connectivity index (χ3v) is 4.06. The van der Waals surface area contributed by atoms with Crippen LogP contribution in [-0.4, -0.2) is 36.7 Å². The molecule has 3 heterocycles. The first-order valence-corrected chi connectivity index (χ1v) is 8.24. The summed E-state index contributed by atoms with van der Waals surface area (Å²) < 4.78 is 1.73. The van der Waals surface area contributed by atoms with Crippen molar-refractivity contribution in [2.75, 3.05) is 0 Å². The third-order valence-electron chi connectivity index (χ3n) is 4.06. The number of aromatic nitrogens is 5. The highest BCUT2D eigenvalue weighted by Crippen LogP contribution is 2.16. The summed E-state index contributed by atoms with van der Waals surface area (Å²) in [5.41, 5.74) is 11.7. The summed E-state index contributed by atoms with van der Waals surface area (Å²) in [6.45, 7) is 2.25. The van der Waals surface area contributed by atoms with E-state index in [1.807, 2.05) is 30.3 Å². The lowest BCUT2D eigenvalue weighted by molar-refractivity contribution is 0.249. The summed E-state index contributed by atoms with van der Waals surface area (Å²) in [5, 5.41) is 13.3. The fourth-order valence-electron chi connectivity index (χ4n) is 2.75. The van der Waals surface area contributed by atoms with Crippen molar-refractivity contribution in [2.45, 2.75) is 13.5 Å². The lowest BCUT2D eigenvalue weighted by Gasteiger charge is -2.05. The molecule has 134 valence electrons. The second-order valence-corrected chi connectivity index (χ2v) is 5.99. The van der Waals surface area contributed by atoms with Crippen LogP contribution < -0.4 is 11.2 Å². The molecule has 3 N–H and O–H groups in total. The molecule has 0 fully saturated rings. The van der Waals surface area contributed by atoms with Crippen molar-refractivity contribution in [1.29, 1.82) is 0 Å². The highest BCUT2D eigenvalue weighted by molar-refractivity contribution is 5.98. The summed E-state index contributed by atoms with van der Waals surface area (Å²) >= 11 is 0. The van der Waals surface area contributed by atoms with E-state index in [4.69, 9.17) is 5.73 Å². The van der Waals surface area contributed by atoms with E-state index in [1.54, 1.807) is 23.9 Å². The molecule has 27 heavy (non-hydrogen) atoms. The number of rotatable bonds is 4. The molecule has 0 bridgehead atoms. The summed E-state index contributed by atoms with van der Waals surface area (Å²) in [4.78, 5) is 19.7. The minimum Gasteiger partial charge on any atom is -0.350 e. The van der Waals surface area contributed by atoms with Crippen LogP contribution in [0.1, 0.15) is 18.2 Å². The molecule has 0 saturated carbocycles. The van der Waals surface area contributed by atoms with Crippen molar-refractivity contribution in [3.63, 3.8) is 0 Å². The second-order valence-electron chi connectivity index (χ2n) is 5.99. The third kappa shape index (κ3) is 3.43. The second kappa shape index (κ2) is 6.79. The lowest BCUT2D eigenvalue weighted by Crippen LogP contribution is -2.25. The van der Waals surface area contributed by atoms with E-state index >= 15 is 0 Å². The van der Waals surface area contributed by atoms with Gasteiger partial charge in [-0.2, -0.15) is 5.10 Å². The first-order valence-electron chi connectivity index (χ1n) is 8.24. The van der Waals surface area contributed by atoms with Crippen LogP contribution in [0.15, 0.2) is 53.8 Å². The van der Waals surface area contributed by atoms with Crippen molar-refractivity contribution < 1.29 is 4.79 Å². The number of carbonyl (C=O) groups excluding carboxylic acids is 1. The van der Waals surface area contributed by atoms with Crippen LogP contribution in [0.5, 0.6) is 0 Å². The number of nitrogens with zero attached hydrogens (tertiary/aromatic N) is 6. The van der Waals surface area contributed by atoms with Crippen LogP contribution in [0.4, 0.5) is 4.79 Å². The Morgan fingerprint density at radius 2 is 2.07 bits per heavy atom. The van der Waals surface area contributed by atoms with Crippen LogP contribution in [0.25, 0.3) is 22.1 Å². The molecule has 4 rings (SSSR count). The number of pyridine rings is 2. The summed E-state index contributed by atoms with van der Waals surface area (Å²) in [6, 6.07) is 12.8. The maximum Gasteiger partial charge on any atom is 0.332 e. The van der Waals surface area contributed by atoms with E-state index in [0.717, 1.165) is 16.5 Å². The molecule has 0 aliphatic carbocycles. The van der Waals surface area contributed by atoms with Gasteiger partial charge in [0.1, 0.15) is 5.52 Å². The number of nitrogens with one attached hydrogen (secondary N) is 1. The van der Waals surface area contributed by atoms with E-state index in [2.05, 4.69) is 36.9 Å². The number of hydrogen-bond donors (Lipinski definition) is 2. The predicted molar refractivity (Wildman–Crippen MR) is 101 cm³/mol. The SMILES string of the molecule is C/C(=N\NC(N)=O)c1ccc2nnn(Cc3ccc4ncccc4c3)c2n1. The highest BCUT2D eigenvalue weighted by atomic mass is 16.2. The van der Waals surface area contributed by atoms with Crippen LogP contribution >= 0.6 is 0 Å². The monoisotopic (exact) mass is 360 g/mol. The molecule has 4 aromatic rings. The Balaban J connectivity index is 1.67. The molecule has 2 amide bonds. The smallest absolute Gasteiger partial charge is 0.332 e. The molecule has 3 aromatic heterocycles. The van der Waals surface area contributed by atoms with Gasteiger partial charge in [0.15, 0.2) is 5.65 Å². The van der Waals surface area contributed by atoms with Crippen molar-refractivity contribution >= 4 is 33.8 Å². The Bertz CT molecular complexity index is 1180. The van der Waals surface area contributed by atoms with Crippen molar-refractivity contribution in [3.05, 3.63) is 59.9 Å². The van der Waals surface area contributed by atoms with Gasteiger partial charge in [0.25, 0.3) is 0 Å². The molecule has 0 aliphatic rings. The number of amides is 2. The van der Waals surface area contributed by atoms with E-state index in [-0.39, 0.29) is 0 Å². The van der Waals surface area contributed by atoms with Crippen LogP contribution in [0.2, 0.25) is 0 Å². The molecule has 9 heteroatoms. The van der Waals surface area contributed by atoms with Crippen molar-refractivity contribution in [3.8, 4) is 0 Å². The van der Waals surface area contributed by atoms with Gasteiger partial charge >= 0.3 is 6.03 Å². The van der Waals surface area contributed by atoms with E-state index in [0.29, 0.717) is 29.1 Å². The van der Waals surface area contributed by atoms with E-state index in [9.17, 15) is 4.79 Å². The molecule has 1 aromatic carbocycles. The zero-order valence-corrected chi connectivity index (χ0v) is 14.5. The standard InChI is InChI=1S/C18H16N8O/c1-11(22-24-18(19)27)14-6-7-16-17(21-14)26(25-23-16)10-12-4-5-15-13(9-12)3-2-8-20-15/h2-9H,10H2,1H3,(H3,19,24,27)/b22-11+. The maximum atomic E-state index is 10.8. The predicted octanol–water partition coefficient (Wildman–Crippen LogP) is 1.82. The average molecular weight is 360 g/mol.